The summed E-state index contributed by atoms with van der Waals surface area (Å²) in [6.45, 7) is 0.325. The van der Waals surface area contributed by atoms with Crippen LogP contribution in [0.2, 0.25) is 0 Å². The smallest absolute Gasteiger partial charge is 0.267 e. The van der Waals surface area contributed by atoms with E-state index in [-0.39, 0.29) is 12.1 Å². The van der Waals surface area contributed by atoms with Gasteiger partial charge in [0.1, 0.15) is 23.4 Å². The highest BCUT2D eigenvalue weighted by molar-refractivity contribution is 6.40. The van der Waals surface area contributed by atoms with Gasteiger partial charge in [0.2, 0.25) is 5.91 Å². The number of nitrogens with zero attached hydrogens (tertiary/aromatic N) is 5. The summed E-state index contributed by atoms with van der Waals surface area (Å²) in [6.07, 6.45) is 2.41. The van der Waals surface area contributed by atoms with Crippen molar-refractivity contribution in [1.82, 2.24) is 19.9 Å². The number of aromatic nitrogens is 3. The summed E-state index contributed by atoms with van der Waals surface area (Å²) < 4.78 is 15.0. The number of pyridine rings is 1. The molecule has 0 aliphatic carbocycles. The Balaban J connectivity index is 1.43. The van der Waals surface area contributed by atoms with Gasteiger partial charge in [0.05, 0.1) is 5.69 Å². The Hall–Kier alpha value is -3.82. The fourth-order valence-electron chi connectivity index (χ4n) is 3.15. The lowest BCUT2D eigenvalue weighted by Gasteiger charge is -2.20. The summed E-state index contributed by atoms with van der Waals surface area (Å²) in [4.78, 5) is 24.3. The second kappa shape index (κ2) is 7.66. The van der Waals surface area contributed by atoms with Gasteiger partial charge in [-0.2, -0.15) is 5.10 Å². The molecule has 1 unspecified atom stereocenters. The van der Waals surface area contributed by atoms with E-state index in [4.69, 9.17) is 5.73 Å². The van der Waals surface area contributed by atoms with Crippen LogP contribution in [0.3, 0.4) is 0 Å². The third-order valence-electron chi connectivity index (χ3n) is 4.61. The summed E-state index contributed by atoms with van der Waals surface area (Å²) in [5, 5.41) is 16.5. The van der Waals surface area contributed by atoms with E-state index >= 15 is 0 Å². The van der Waals surface area contributed by atoms with Crippen LogP contribution in [-0.2, 0) is 16.0 Å². The van der Waals surface area contributed by atoms with Crippen LogP contribution < -0.4 is 16.1 Å². The Morgan fingerprint density at radius 2 is 1.97 bits per heavy atom. The second-order valence-electron chi connectivity index (χ2n) is 6.54. The lowest BCUT2D eigenvalue weighted by atomic mass is 10.1. The molecule has 0 bridgehead atoms. The summed E-state index contributed by atoms with van der Waals surface area (Å²) in [5.74, 6) is -0.700. The van der Waals surface area contributed by atoms with Gasteiger partial charge in [0.15, 0.2) is 5.65 Å². The van der Waals surface area contributed by atoms with Crippen molar-refractivity contribution in [2.75, 3.05) is 11.6 Å². The Bertz CT molecular complexity index is 1090. The maximum Gasteiger partial charge on any atom is 0.267 e. The summed E-state index contributed by atoms with van der Waals surface area (Å²) in [7, 11) is 0. The highest BCUT2D eigenvalue weighted by atomic mass is 19.1. The van der Waals surface area contributed by atoms with Gasteiger partial charge in [-0.25, -0.2) is 4.39 Å². The monoisotopic (exact) mass is 395 g/mol. The van der Waals surface area contributed by atoms with E-state index in [2.05, 4.69) is 20.6 Å². The van der Waals surface area contributed by atoms with Crippen LogP contribution in [0, 0.1) is 5.82 Å². The lowest BCUT2D eigenvalue weighted by molar-refractivity contribution is -0.119. The zero-order valence-electron chi connectivity index (χ0n) is 15.3. The first-order valence-electron chi connectivity index (χ1n) is 9.01. The maximum absolute atomic E-state index is 13.2. The fourth-order valence-corrected chi connectivity index (χ4v) is 3.15. The normalized spacial score (nSPS) is 16.1. The van der Waals surface area contributed by atoms with E-state index in [1.54, 1.807) is 0 Å². The number of rotatable bonds is 6. The molecule has 3 aromatic rings. The molecule has 0 radical (unpaired) electrons. The number of nitrogens with one attached hydrogen (secondary N) is 1. The van der Waals surface area contributed by atoms with Gasteiger partial charge < -0.3 is 11.1 Å². The molecule has 1 aliphatic heterocycles. The van der Waals surface area contributed by atoms with E-state index < -0.39 is 23.7 Å². The highest BCUT2D eigenvalue weighted by Crippen LogP contribution is 2.24. The van der Waals surface area contributed by atoms with Crippen molar-refractivity contribution in [3.8, 4) is 0 Å². The zero-order valence-corrected chi connectivity index (χ0v) is 15.3. The van der Waals surface area contributed by atoms with Gasteiger partial charge in [-0.15, -0.1) is 10.2 Å². The van der Waals surface area contributed by atoms with Gasteiger partial charge in [-0.05, 0) is 36.4 Å². The molecule has 148 valence electrons. The summed E-state index contributed by atoms with van der Waals surface area (Å²) in [5.41, 5.74) is 6.85. The molecule has 0 fully saturated rings. The summed E-state index contributed by atoms with van der Waals surface area (Å²) in [6, 6.07) is 10.2. The quantitative estimate of drug-likeness (QED) is 0.635. The molecule has 9 nitrogen and oxygen atoms in total. The first-order chi connectivity index (χ1) is 14.0. The van der Waals surface area contributed by atoms with Gasteiger partial charge >= 0.3 is 0 Å². The minimum atomic E-state index is -0.804. The first kappa shape index (κ1) is 18.5. The highest BCUT2D eigenvalue weighted by Gasteiger charge is 2.34. The Morgan fingerprint density at radius 1 is 1.17 bits per heavy atom. The Labute approximate surface area is 165 Å². The van der Waals surface area contributed by atoms with E-state index in [0.717, 1.165) is 11.5 Å². The van der Waals surface area contributed by atoms with Crippen molar-refractivity contribution < 1.29 is 14.0 Å². The second-order valence-corrected chi connectivity index (χ2v) is 6.54. The van der Waals surface area contributed by atoms with Crippen molar-refractivity contribution >= 4 is 28.9 Å². The molecule has 2 aromatic heterocycles. The van der Waals surface area contributed by atoms with Gasteiger partial charge in [-0.3, -0.25) is 19.0 Å². The van der Waals surface area contributed by atoms with Crippen LogP contribution in [0.25, 0.3) is 5.65 Å². The minimum Gasteiger partial charge on any atom is -0.368 e. The molecule has 10 heteroatoms. The van der Waals surface area contributed by atoms with Crippen molar-refractivity contribution in [1.29, 1.82) is 0 Å². The number of anilines is 1. The van der Waals surface area contributed by atoms with E-state index in [1.807, 2.05) is 28.8 Å². The molecule has 3 N–H and O–H groups in total. The van der Waals surface area contributed by atoms with E-state index in [1.165, 1.54) is 29.3 Å². The van der Waals surface area contributed by atoms with Crippen LogP contribution in [-0.4, -0.2) is 44.7 Å². The van der Waals surface area contributed by atoms with Gasteiger partial charge in [0, 0.05) is 25.6 Å². The molecule has 0 spiro atoms. The number of nitrogens with two attached hydrogens (primary N) is 1. The number of carbonyl (C=O) groups is 2. The van der Waals surface area contributed by atoms with Crippen molar-refractivity contribution in [3.63, 3.8) is 0 Å². The maximum atomic E-state index is 13.2. The Morgan fingerprint density at radius 3 is 2.72 bits per heavy atom. The molecule has 1 aliphatic rings. The number of amides is 2. The standard InChI is InChI=1S/C19H18FN7O2/c20-12-4-6-13(7-5-12)27-15(18(21)28)11-14(25-27)19(29)22-9-8-17-24-23-16-3-1-2-10-26(16)17/h1-7,10,15H,8-9,11H2,(H2,21,28)(H,22,29). The van der Waals surface area contributed by atoms with Crippen LogP contribution in [0.1, 0.15) is 12.2 Å². The van der Waals surface area contributed by atoms with Crippen LogP contribution in [0.15, 0.2) is 53.8 Å². The molecule has 4 rings (SSSR count). The topological polar surface area (TPSA) is 118 Å². The molecule has 0 saturated carbocycles. The first-order valence-corrected chi connectivity index (χ1v) is 9.01. The van der Waals surface area contributed by atoms with E-state index in [9.17, 15) is 14.0 Å². The molecule has 29 heavy (non-hydrogen) atoms. The SMILES string of the molecule is NC(=O)C1CC(C(=O)NCCc2nnc3ccccn23)=NN1c1ccc(F)cc1. The van der Waals surface area contributed by atoms with Crippen molar-refractivity contribution in [3.05, 3.63) is 60.3 Å². The van der Waals surface area contributed by atoms with Crippen LogP contribution >= 0.6 is 0 Å². The molecule has 1 atom stereocenters. The number of halogens is 1. The number of hydrazone groups is 1. The molecular formula is C19H18FN7O2. The van der Waals surface area contributed by atoms with Crippen LogP contribution in [0.4, 0.5) is 10.1 Å². The average molecular weight is 395 g/mol. The minimum absolute atomic E-state index is 0.0758. The number of primary amides is 1. The largest absolute Gasteiger partial charge is 0.368 e. The number of hydrogen-bond acceptors (Lipinski definition) is 6. The number of carbonyl (C=O) groups excluding carboxylic acids is 2. The molecule has 2 amide bonds. The van der Waals surface area contributed by atoms with Gasteiger partial charge in [-0.1, -0.05) is 6.07 Å². The number of benzene rings is 1. The van der Waals surface area contributed by atoms with Crippen molar-refractivity contribution in [2.45, 2.75) is 18.9 Å². The predicted molar refractivity (Wildman–Crippen MR) is 104 cm³/mol. The summed E-state index contributed by atoms with van der Waals surface area (Å²) >= 11 is 0. The zero-order chi connectivity index (χ0) is 20.4. The van der Waals surface area contributed by atoms with E-state index in [0.29, 0.717) is 18.7 Å². The van der Waals surface area contributed by atoms with Crippen molar-refractivity contribution in [2.24, 2.45) is 10.8 Å². The third kappa shape index (κ3) is 3.77. The molecule has 3 heterocycles. The Kier molecular flexibility index (Phi) is 4.90. The van der Waals surface area contributed by atoms with Crippen LogP contribution in [0.5, 0.6) is 0 Å². The molecule has 0 saturated heterocycles. The fraction of sp³-hybridized carbons (Fsp3) is 0.211. The number of hydrogen-bond donors (Lipinski definition) is 2. The predicted octanol–water partition coefficient (Wildman–Crippen LogP) is 0.647. The molecule has 1 aromatic carbocycles. The number of fused-ring (bicyclic) bond motifs is 1. The lowest BCUT2D eigenvalue weighted by Crippen LogP contribution is -2.40. The molecular weight excluding hydrogens is 377 g/mol. The average Bonchev–Trinajstić information content (AvgIpc) is 3.34. The third-order valence-corrected chi connectivity index (χ3v) is 4.61. The van der Waals surface area contributed by atoms with Gasteiger partial charge in [0.25, 0.3) is 5.91 Å².